The van der Waals surface area contributed by atoms with E-state index in [1.165, 1.54) is 39.3 Å². The molecule has 1 fully saturated rings. The van der Waals surface area contributed by atoms with Crippen LogP contribution in [-0.4, -0.2) is 30.8 Å². The van der Waals surface area contributed by atoms with Gasteiger partial charge in [0.2, 0.25) is 0 Å². The molecule has 0 amide bonds. The van der Waals surface area contributed by atoms with E-state index >= 15 is 0 Å². The molecule has 0 spiro atoms. The SMILES string of the molecule is COC(=O)c1cc(C)c(NC=C2C(=O)OC(C)(C)OC2=O)cc1Cl. The standard InChI is InChI=1S/C16H16ClNO6/c1-8-5-9(13(19)22-4)11(17)6-12(8)18-7-10-14(20)23-16(2,3)24-15(10)21/h5-7,18H,1-4H3. The van der Waals surface area contributed by atoms with Crippen LogP contribution in [0.3, 0.4) is 0 Å². The van der Waals surface area contributed by atoms with Gasteiger partial charge in [0.05, 0.1) is 17.7 Å². The molecule has 24 heavy (non-hydrogen) atoms. The fourth-order valence-electron chi connectivity index (χ4n) is 2.03. The summed E-state index contributed by atoms with van der Waals surface area (Å²) in [6.45, 7) is 4.65. The number of hydrogen-bond acceptors (Lipinski definition) is 7. The lowest BCUT2D eigenvalue weighted by Gasteiger charge is -2.29. The number of esters is 3. The van der Waals surface area contributed by atoms with Crippen molar-refractivity contribution in [1.82, 2.24) is 0 Å². The first-order chi connectivity index (χ1) is 11.1. The summed E-state index contributed by atoms with van der Waals surface area (Å²) in [6.07, 6.45) is 1.18. The van der Waals surface area contributed by atoms with Crippen LogP contribution in [0.15, 0.2) is 23.9 Å². The van der Waals surface area contributed by atoms with E-state index in [1.54, 1.807) is 6.92 Å². The van der Waals surface area contributed by atoms with Crippen LogP contribution in [0.4, 0.5) is 5.69 Å². The van der Waals surface area contributed by atoms with Crippen molar-refractivity contribution in [3.8, 4) is 0 Å². The monoisotopic (exact) mass is 353 g/mol. The highest BCUT2D eigenvalue weighted by molar-refractivity contribution is 6.34. The molecule has 1 aromatic carbocycles. The molecule has 0 aliphatic carbocycles. The third-order valence-corrected chi connectivity index (χ3v) is 3.52. The van der Waals surface area contributed by atoms with Crippen LogP contribution in [0.1, 0.15) is 29.8 Å². The summed E-state index contributed by atoms with van der Waals surface area (Å²) < 4.78 is 14.6. The minimum absolute atomic E-state index is 0.170. The van der Waals surface area contributed by atoms with Crippen molar-refractivity contribution in [3.63, 3.8) is 0 Å². The highest BCUT2D eigenvalue weighted by atomic mass is 35.5. The van der Waals surface area contributed by atoms with Gasteiger partial charge in [0, 0.05) is 25.7 Å². The largest absolute Gasteiger partial charge is 0.465 e. The number of rotatable bonds is 3. The van der Waals surface area contributed by atoms with Crippen molar-refractivity contribution in [2.75, 3.05) is 12.4 Å². The van der Waals surface area contributed by atoms with E-state index in [0.717, 1.165) is 0 Å². The minimum Gasteiger partial charge on any atom is -0.465 e. The highest BCUT2D eigenvalue weighted by Crippen LogP contribution is 2.27. The van der Waals surface area contributed by atoms with E-state index in [-0.39, 0.29) is 16.2 Å². The Labute approximate surface area is 143 Å². The van der Waals surface area contributed by atoms with Gasteiger partial charge in [-0.3, -0.25) is 0 Å². The molecule has 1 aromatic rings. The van der Waals surface area contributed by atoms with Crippen molar-refractivity contribution in [2.45, 2.75) is 26.6 Å². The lowest BCUT2D eigenvalue weighted by atomic mass is 10.1. The molecular weight excluding hydrogens is 338 g/mol. The Hall–Kier alpha value is -2.54. The molecule has 7 nitrogen and oxygen atoms in total. The maximum absolute atomic E-state index is 11.9. The molecule has 0 bridgehead atoms. The zero-order chi connectivity index (χ0) is 18.1. The Morgan fingerprint density at radius 2 is 1.83 bits per heavy atom. The Balaban J connectivity index is 2.26. The zero-order valence-electron chi connectivity index (χ0n) is 13.6. The lowest BCUT2D eigenvalue weighted by molar-refractivity contribution is -0.222. The Bertz CT molecular complexity index is 731. The normalized spacial score (nSPS) is 16.1. The average molecular weight is 354 g/mol. The van der Waals surface area contributed by atoms with Gasteiger partial charge >= 0.3 is 17.9 Å². The van der Waals surface area contributed by atoms with Gasteiger partial charge in [-0.1, -0.05) is 11.6 Å². The van der Waals surface area contributed by atoms with Crippen LogP contribution in [-0.2, 0) is 23.8 Å². The molecule has 1 saturated heterocycles. The van der Waals surface area contributed by atoms with Crippen molar-refractivity contribution in [2.24, 2.45) is 0 Å². The quantitative estimate of drug-likeness (QED) is 0.507. The van der Waals surface area contributed by atoms with E-state index in [9.17, 15) is 14.4 Å². The Morgan fingerprint density at radius 1 is 1.25 bits per heavy atom. The van der Waals surface area contributed by atoms with E-state index in [4.69, 9.17) is 21.1 Å². The van der Waals surface area contributed by atoms with Crippen LogP contribution in [0.5, 0.6) is 0 Å². The van der Waals surface area contributed by atoms with Crippen LogP contribution in [0, 0.1) is 6.92 Å². The fourth-order valence-corrected chi connectivity index (χ4v) is 2.27. The molecule has 1 aliphatic rings. The predicted octanol–water partition coefficient (Wildman–Crippen LogP) is 2.57. The summed E-state index contributed by atoms with van der Waals surface area (Å²) in [5.74, 6) is -3.44. The van der Waals surface area contributed by atoms with E-state index in [0.29, 0.717) is 11.3 Å². The number of anilines is 1. The summed E-state index contributed by atoms with van der Waals surface area (Å²) in [7, 11) is 1.26. The van der Waals surface area contributed by atoms with E-state index in [1.807, 2.05) is 0 Å². The fraction of sp³-hybridized carbons (Fsp3) is 0.312. The maximum Gasteiger partial charge on any atom is 0.350 e. The first kappa shape index (κ1) is 17.8. The molecule has 1 aliphatic heterocycles. The molecule has 1 heterocycles. The van der Waals surface area contributed by atoms with Crippen LogP contribution in [0.25, 0.3) is 0 Å². The van der Waals surface area contributed by atoms with Crippen LogP contribution in [0.2, 0.25) is 5.02 Å². The van der Waals surface area contributed by atoms with E-state index < -0.39 is 23.7 Å². The summed E-state index contributed by atoms with van der Waals surface area (Å²) in [5, 5.41) is 2.97. The molecule has 0 unspecified atom stereocenters. The third-order valence-electron chi connectivity index (χ3n) is 3.21. The number of benzene rings is 1. The van der Waals surface area contributed by atoms with Gasteiger partial charge in [-0.25, -0.2) is 14.4 Å². The van der Waals surface area contributed by atoms with Crippen LogP contribution >= 0.6 is 11.6 Å². The Morgan fingerprint density at radius 3 is 2.38 bits per heavy atom. The number of methoxy groups -OCH3 is 1. The number of carbonyl (C=O) groups is 3. The summed E-state index contributed by atoms with van der Waals surface area (Å²) in [5.41, 5.74) is 1.11. The molecule has 0 atom stereocenters. The van der Waals surface area contributed by atoms with Crippen molar-refractivity contribution in [1.29, 1.82) is 0 Å². The van der Waals surface area contributed by atoms with Gasteiger partial charge in [0.1, 0.15) is 0 Å². The molecule has 0 saturated carbocycles. The second-order valence-corrected chi connectivity index (χ2v) is 5.93. The second kappa shape index (κ2) is 6.52. The first-order valence-corrected chi connectivity index (χ1v) is 7.34. The van der Waals surface area contributed by atoms with Gasteiger partial charge in [-0.15, -0.1) is 0 Å². The maximum atomic E-state index is 11.9. The predicted molar refractivity (Wildman–Crippen MR) is 85.5 cm³/mol. The second-order valence-electron chi connectivity index (χ2n) is 5.52. The number of nitrogens with one attached hydrogen (secondary N) is 1. The van der Waals surface area contributed by atoms with Crippen molar-refractivity contribution < 1.29 is 28.6 Å². The number of carbonyl (C=O) groups excluding carboxylic acids is 3. The van der Waals surface area contributed by atoms with E-state index in [2.05, 4.69) is 10.1 Å². The molecule has 0 radical (unpaired) electrons. The third kappa shape index (κ3) is 3.68. The minimum atomic E-state index is -1.30. The molecular formula is C16H16ClNO6. The highest BCUT2D eigenvalue weighted by Gasteiger charge is 2.38. The van der Waals surface area contributed by atoms with Gasteiger partial charge in [-0.2, -0.15) is 0 Å². The molecule has 1 N–H and O–H groups in total. The lowest BCUT2D eigenvalue weighted by Crippen LogP contribution is -2.42. The number of cyclic esters (lactones) is 2. The first-order valence-electron chi connectivity index (χ1n) is 6.96. The smallest absolute Gasteiger partial charge is 0.350 e. The molecule has 128 valence electrons. The Kier molecular flexibility index (Phi) is 4.84. The van der Waals surface area contributed by atoms with Gasteiger partial charge in [-0.05, 0) is 24.6 Å². The number of ether oxygens (including phenoxy) is 3. The summed E-state index contributed by atoms with van der Waals surface area (Å²) in [4.78, 5) is 35.3. The average Bonchev–Trinajstić information content (AvgIpc) is 2.47. The summed E-state index contributed by atoms with van der Waals surface area (Å²) in [6, 6.07) is 3.03. The number of hydrogen-bond donors (Lipinski definition) is 1. The molecule has 0 aromatic heterocycles. The van der Waals surface area contributed by atoms with Gasteiger partial charge in [0.15, 0.2) is 5.57 Å². The van der Waals surface area contributed by atoms with Gasteiger partial charge in [0.25, 0.3) is 5.79 Å². The van der Waals surface area contributed by atoms with Crippen molar-refractivity contribution >= 4 is 35.2 Å². The van der Waals surface area contributed by atoms with Gasteiger partial charge < -0.3 is 19.5 Å². The molecule has 8 heteroatoms. The topological polar surface area (TPSA) is 90.9 Å². The van der Waals surface area contributed by atoms with Crippen molar-refractivity contribution in [3.05, 3.63) is 40.1 Å². The van der Waals surface area contributed by atoms with Crippen LogP contribution < -0.4 is 5.32 Å². The molecule has 2 rings (SSSR count). The summed E-state index contributed by atoms with van der Waals surface area (Å²) >= 11 is 6.05. The number of aryl methyl sites for hydroxylation is 1. The zero-order valence-corrected chi connectivity index (χ0v) is 14.3. The number of halogens is 1.